The van der Waals surface area contributed by atoms with Crippen molar-refractivity contribution < 1.29 is 4.39 Å². The monoisotopic (exact) mass is 199 g/mol. The Kier molecular flexibility index (Phi) is 2.26. The molecule has 1 saturated carbocycles. The summed E-state index contributed by atoms with van der Waals surface area (Å²) in [5.41, 5.74) is 6.42. The predicted molar refractivity (Wildman–Crippen MR) is 51.1 cm³/mol. The molecule has 1 aromatic carbocycles. The molecule has 0 unspecified atom stereocenters. The summed E-state index contributed by atoms with van der Waals surface area (Å²) in [5, 5.41) is 0.161. The standard InChI is InChI=1S/C10H11ClFN/c11-8-3-1-2-7(9(8)12)10(13)6-4-5-6/h1-3,6,10H,4-5,13H2/t10-/m0/s1. The minimum Gasteiger partial charge on any atom is -0.324 e. The van der Waals surface area contributed by atoms with Gasteiger partial charge >= 0.3 is 0 Å². The van der Waals surface area contributed by atoms with E-state index in [4.69, 9.17) is 17.3 Å². The first-order valence-corrected chi connectivity index (χ1v) is 4.77. The van der Waals surface area contributed by atoms with Crippen molar-refractivity contribution in [1.82, 2.24) is 0 Å². The molecule has 1 nitrogen and oxygen atoms in total. The first kappa shape index (κ1) is 8.97. The van der Waals surface area contributed by atoms with Crippen molar-refractivity contribution in [1.29, 1.82) is 0 Å². The van der Waals surface area contributed by atoms with E-state index >= 15 is 0 Å². The second-order valence-electron chi connectivity index (χ2n) is 3.51. The Morgan fingerprint density at radius 3 is 2.77 bits per heavy atom. The van der Waals surface area contributed by atoms with Crippen molar-refractivity contribution in [3.8, 4) is 0 Å². The van der Waals surface area contributed by atoms with Gasteiger partial charge in [-0.1, -0.05) is 23.7 Å². The quantitative estimate of drug-likeness (QED) is 0.779. The average molecular weight is 200 g/mol. The Morgan fingerprint density at radius 1 is 1.46 bits per heavy atom. The maximum absolute atomic E-state index is 13.4. The summed E-state index contributed by atoms with van der Waals surface area (Å²) in [6, 6.07) is 4.81. The fourth-order valence-electron chi connectivity index (χ4n) is 1.49. The topological polar surface area (TPSA) is 26.0 Å². The van der Waals surface area contributed by atoms with Gasteiger partial charge in [0, 0.05) is 11.6 Å². The van der Waals surface area contributed by atoms with E-state index in [1.807, 2.05) is 0 Å². The van der Waals surface area contributed by atoms with Crippen LogP contribution < -0.4 is 5.73 Å². The maximum atomic E-state index is 13.4. The predicted octanol–water partition coefficient (Wildman–Crippen LogP) is 2.89. The summed E-state index contributed by atoms with van der Waals surface area (Å²) >= 11 is 5.65. The lowest BCUT2D eigenvalue weighted by atomic mass is 10.0. The fourth-order valence-corrected chi connectivity index (χ4v) is 1.67. The van der Waals surface area contributed by atoms with Crippen LogP contribution in [0.25, 0.3) is 0 Å². The van der Waals surface area contributed by atoms with Crippen molar-refractivity contribution in [2.75, 3.05) is 0 Å². The van der Waals surface area contributed by atoms with Crippen LogP contribution >= 0.6 is 11.6 Å². The molecule has 3 heteroatoms. The average Bonchev–Trinajstić information content (AvgIpc) is 2.91. The normalized spacial score (nSPS) is 18.7. The third kappa shape index (κ3) is 1.69. The van der Waals surface area contributed by atoms with Crippen LogP contribution in [0.1, 0.15) is 24.4 Å². The fraction of sp³-hybridized carbons (Fsp3) is 0.400. The van der Waals surface area contributed by atoms with Crippen LogP contribution in [0, 0.1) is 11.7 Å². The lowest BCUT2D eigenvalue weighted by Gasteiger charge is -2.11. The van der Waals surface area contributed by atoms with Crippen LogP contribution in [0.3, 0.4) is 0 Å². The van der Waals surface area contributed by atoms with Gasteiger partial charge in [0.25, 0.3) is 0 Å². The molecule has 0 heterocycles. The Bertz CT molecular complexity index is 323. The van der Waals surface area contributed by atoms with Crippen molar-refractivity contribution >= 4 is 11.6 Å². The SMILES string of the molecule is N[C@H](c1cccc(Cl)c1F)C1CC1. The molecule has 0 amide bonds. The molecule has 1 aliphatic rings. The van der Waals surface area contributed by atoms with Gasteiger partial charge in [-0.25, -0.2) is 4.39 Å². The summed E-state index contributed by atoms with van der Waals surface area (Å²) < 4.78 is 13.4. The zero-order valence-electron chi connectivity index (χ0n) is 7.13. The first-order valence-electron chi connectivity index (χ1n) is 4.39. The summed E-state index contributed by atoms with van der Waals surface area (Å²) in [4.78, 5) is 0. The molecular weight excluding hydrogens is 189 g/mol. The van der Waals surface area contributed by atoms with E-state index in [9.17, 15) is 4.39 Å². The van der Waals surface area contributed by atoms with E-state index in [1.165, 1.54) is 0 Å². The highest BCUT2D eigenvalue weighted by molar-refractivity contribution is 6.30. The van der Waals surface area contributed by atoms with Crippen molar-refractivity contribution in [3.63, 3.8) is 0 Å². The lowest BCUT2D eigenvalue weighted by Crippen LogP contribution is -2.14. The van der Waals surface area contributed by atoms with Gasteiger partial charge in [-0.3, -0.25) is 0 Å². The maximum Gasteiger partial charge on any atom is 0.146 e. The van der Waals surface area contributed by atoms with Gasteiger partial charge in [0.05, 0.1) is 5.02 Å². The van der Waals surface area contributed by atoms with Crippen LogP contribution in [0.15, 0.2) is 18.2 Å². The smallest absolute Gasteiger partial charge is 0.146 e. The number of hydrogen-bond donors (Lipinski definition) is 1. The van der Waals surface area contributed by atoms with E-state index < -0.39 is 0 Å². The third-order valence-electron chi connectivity index (χ3n) is 2.47. The molecule has 0 radical (unpaired) electrons. The van der Waals surface area contributed by atoms with Crippen LogP contribution in [-0.2, 0) is 0 Å². The summed E-state index contributed by atoms with van der Waals surface area (Å²) in [7, 11) is 0. The third-order valence-corrected chi connectivity index (χ3v) is 2.76. The van der Waals surface area contributed by atoms with Crippen LogP contribution in [0.5, 0.6) is 0 Å². The number of benzene rings is 1. The van der Waals surface area contributed by atoms with Crippen LogP contribution in [-0.4, -0.2) is 0 Å². The highest BCUT2D eigenvalue weighted by Crippen LogP contribution is 2.40. The van der Waals surface area contributed by atoms with Gasteiger partial charge in [0.15, 0.2) is 0 Å². The van der Waals surface area contributed by atoms with E-state index in [0.717, 1.165) is 12.8 Å². The largest absolute Gasteiger partial charge is 0.324 e. The molecule has 0 saturated heterocycles. The minimum absolute atomic E-state index is 0.161. The summed E-state index contributed by atoms with van der Waals surface area (Å²) in [5.74, 6) is 0.0940. The number of rotatable bonds is 2. The van der Waals surface area contributed by atoms with Crippen molar-refractivity contribution in [2.45, 2.75) is 18.9 Å². The van der Waals surface area contributed by atoms with Crippen LogP contribution in [0.4, 0.5) is 4.39 Å². The Morgan fingerprint density at radius 2 is 2.15 bits per heavy atom. The molecule has 0 aliphatic heterocycles. The summed E-state index contributed by atoms with van der Waals surface area (Å²) in [6.45, 7) is 0. The number of hydrogen-bond acceptors (Lipinski definition) is 1. The lowest BCUT2D eigenvalue weighted by molar-refractivity contribution is 0.554. The van der Waals surface area contributed by atoms with Gasteiger partial charge < -0.3 is 5.73 Å². The van der Waals surface area contributed by atoms with Gasteiger partial charge in [-0.2, -0.15) is 0 Å². The number of nitrogens with two attached hydrogens (primary N) is 1. The highest BCUT2D eigenvalue weighted by Gasteiger charge is 2.31. The zero-order valence-corrected chi connectivity index (χ0v) is 7.89. The van der Waals surface area contributed by atoms with Crippen molar-refractivity contribution in [2.24, 2.45) is 11.7 Å². The van der Waals surface area contributed by atoms with Gasteiger partial charge in [-0.15, -0.1) is 0 Å². The molecule has 1 atom stereocenters. The second-order valence-corrected chi connectivity index (χ2v) is 3.91. The minimum atomic E-state index is -0.358. The van der Waals surface area contributed by atoms with E-state index in [2.05, 4.69) is 0 Å². The second kappa shape index (κ2) is 3.28. The molecule has 1 fully saturated rings. The van der Waals surface area contributed by atoms with Gasteiger partial charge in [0.1, 0.15) is 5.82 Å². The molecule has 1 aromatic rings. The van der Waals surface area contributed by atoms with Crippen LogP contribution in [0.2, 0.25) is 5.02 Å². The van der Waals surface area contributed by atoms with E-state index in [1.54, 1.807) is 18.2 Å². The first-order chi connectivity index (χ1) is 6.20. The Labute approximate surface area is 81.7 Å². The van der Waals surface area contributed by atoms with Gasteiger partial charge in [0.2, 0.25) is 0 Å². The molecule has 1 aliphatic carbocycles. The molecule has 2 N–H and O–H groups in total. The molecular formula is C10H11ClFN. The zero-order chi connectivity index (χ0) is 9.42. The number of halogens is 2. The van der Waals surface area contributed by atoms with E-state index in [0.29, 0.717) is 11.5 Å². The highest BCUT2D eigenvalue weighted by atomic mass is 35.5. The molecule has 13 heavy (non-hydrogen) atoms. The summed E-state index contributed by atoms with van der Waals surface area (Å²) in [6.07, 6.45) is 2.21. The molecule has 2 rings (SSSR count). The molecule has 0 aromatic heterocycles. The Hall–Kier alpha value is -0.600. The molecule has 0 spiro atoms. The molecule has 0 bridgehead atoms. The van der Waals surface area contributed by atoms with Crippen molar-refractivity contribution in [3.05, 3.63) is 34.6 Å². The molecule has 70 valence electrons. The van der Waals surface area contributed by atoms with E-state index in [-0.39, 0.29) is 16.9 Å². The Balaban J connectivity index is 2.32. The van der Waals surface area contributed by atoms with Gasteiger partial charge in [-0.05, 0) is 24.8 Å².